The molecule has 0 bridgehead atoms. The lowest BCUT2D eigenvalue weighted by atomic mass is 10.0. The number of hydrogen-bond acceptors (Lipinski definition) is 2. The van der Waals surface area contributed by atoms with E-state index in [4.69, 9.17) is 4.52 Å². The molecule has 0 saturated carbocycles. The number of aryl methyl sites for hydroxylation is 2. The van der Waals surface area contributed by atoms with Crippen LogP contribution in [0.25, 0.3) is 22.4 Å². The van der Waals surface area contributed by atoms with Crippen LogP contribution in [0.5, 0.6) is 0 Å². The van der Waals surface area contributed by atoms with Gasteiger partial charge in [-0.25, -0.2) is 18.5 Å². The average molecular weight is 285 g/mol. The summed E-state index contributed by atoms with van der Waals surface area (Å²) in [6.45, 7) is 0. The Morgan fingerprint density at radius 2 is 1.67 bits per heavy atom. The quantitative estimate of drug-likeness (QED) is 0.678. The summed E-state index contributed by atoms with van der Waals surface area (Å²) < 4.78 is 21.6. The third-order valence-corrected chi connectivity index (χ3v) is 3.36. The van der Waals surface area contributed by atoms with Gasteiger partial charge in [0.2, 0.25) is 0 Å². The van der Waals surface area contributed by atoms with E-state index in [2.05, 4.69) is 0 Å². The molecule has 0 saturated heterocycles. The largest absolute Gasteiger partial charge is 0.365 e. The lowest BCUT2D eigenvalue weighted by Gasteiger charge is -2.04. The van der Waals surface area contributed by atoms with Crippen molar-refractivity contribution in [2.24, 2.45) is 14.1 Å². The minimum Gasteiger partial charge on any atom is -0.335 e. The first kappa shape index (κ1) is 13.3. The van der Waals surface area contributed by atoms with Gasteiger partial charge in [0.1, 0.15) is 12.9 Å². The molecule has 0 amide bonds. The van der Waals surface area contributed by atoms with Crippen LogP contribution in [-0.2, 0) is 14.1 Å². The van der Waals surface area contributed by atoms with E-state index < -0.39 is 5.63 Å². The van der Waals surface area contributed by atoms with Crippen LogP contribution in [0.1, 0.15) is 0 Å². The molecule has 3 aromatic rings. The second-order valence-electron chi connectivity index (χ2n) is 4.86. The van der Waals surface area contributed by atoms with Gasteiger partial charge in [0, 0.05) is 30.3 Å². The highest BCUT2D eigenvalue weighted by Crippen LogP contribution is 2.29. The van der Waals surface area contributed by atoms with Gasteiger partial charge in [0.25, 0.3) is 0 Å². The molecule has 0 spiro atoms. The Hall–Kier alpha value is -2.69. The number of pyridine rings is 1. The molecular weight excluding hydrogens is 271 g/mol. The Kier molecular flexibility index (Phi) is 3.17. The molecule has 3 rings (SSSR count). The predicted octanol–water partition coefficient (Wildman–Crippen LogP) is 2.28. The zero-order valence-electron chi connectivity index (χ0n) is 11.7. The molecule has 0 fully saturated rings. The summed E-state index contributed by atoms with van der Waals surface area (Å²) in [5.74, 6) is -0.319. The molecule has 0 unspecified atom stereocenters. The van der Waals surface area contributed by atoms with Gasteiger partial charge in [-0.1, -0.05) is 0 Å². The Labute approximate surface area is 120 Å². The molecule has 4 nitrogen and oxygen atoms in total. The fraction of sp³-hybridized carbons (Fsp3) is 0.125. The van der Waals surface area contributed by atoms with Crippen molar-refractivity contribution in [3.05, 3.63) is 65.0 Å². The zero-order valence-corrected chi connectivity index (χ0v) is 11.7. The highest BCUT2D eigenvalue weighted by atomic mass is 19.1. The fourth-order valence-corrected chi connectivity index (χ4v) is 2.33. The number of aromatic nitrogens is 2. The highest BCUT2D eigenvalue weighted by molar-refractivity contribution is 5.79. The standard InChI is InChI=1S/C16H14FN2O2/c1-18-9-7-11(8-10-18)14-15(19(2)21-16(14)20)12-3-5-13(17)6-4-12/h3-10H,1-2H3/q+1. The van der Waals surface area contributed by atoms with Gasteiger partial charge < -0.3 is 4.52 Å². The minimum absolute atomic E-state index is 0.319. The Morgan fingerprint density at radius 1 is 1.05 bits per heavy atom. The Morgan fingerprint density at radius 3 is 2.29 bits per heavy atom. The maximum atomic E-state index is 13.1. The third kappa shape index (κ3) is 2.38. The normalized spacial score (nSPS) is 10.8. The van der Waals surface area contributed by atoms with Gasteiger partial charge in [0.15, 0.2) is 12.4 Å². The number of hydrogen-bond donors (Lipinski definition) is 0. The van der Waals surface area contributed by atoms with Crippen LogP contribution in [0.15, 0.2) is 58.1 Å². The summed E-state index contributed by atoms with van der Waals surface area (Å²) in [6.07, 6.45) is 3.71. The van der Waals surface area contributed by atoms with Crippen LogP contribution < -0.4 is 10.2 Å². The van der Waals surface area contributed by atoms with E-state index >= 15 is 0 Å². The van der Waals surface area contributed by atoms with Gasteiger partial charge in [-0.05, 0) is 24.3 Å². The van der Waals surface area contributed by atoms with Gasteiger partial charge in [0.05, 0.1) is 11.3 Å². The van der Waals surface area contributed by atoms with E-state index in [0.29, 0.717) is 11.3 Å². The van der Waals surface area contributed by atoms with E-state index in [1.165, 1.54) is 16.9 Å². The molecule has 106 valence electrons. The van der Waals surface area contributed by atoms with Crippen LogP contribution in [0.2, 0.25) is 0 Å². The lowest BCUT2D eigenvalue weighted by Crippen LogP contribution is -2.25. The Bertz CT molecular complexity index is 830. The van der Waals surface area contributed by atoms with Crippen molar-refractivity contribution in [1.82, 2.24) is 4.74 Å². The van der Waals surface area contributed by atoms with Crippen molar-refractivity contribution >= 4 is 0 Å². The molecule has 0 aliphatic carbocycles. The smallest absolute Gasteiger partial charge is 0.335 e. The van der Waals surface area contributed by atoms with E-state index in [9.17, 15) is 9.18 Å². The van der Waals surface area contributed by atoms with E-state index in [-0.39, 0.29) is 5.82 Å². The third-order valence-electron chi connectivity index (χ3n) is 3.36. The minimum atomic E-state index is -0.411. The zero-order chi connectivity index (χ0) is 15.0. The number of benzene rings is 1. The Balaban J connectivity index is 2.24. The maximum absolute atomic E-state index is 13.1. The molecule has 0 N–H and O–H groups in total. The van der Waals surface area contributed by atoms with Crippen LogP contribution in [0, 0.1) is 5.82 Å². The van der Waals surface area contributed by atoms with Crippen molar-refractivity contribution in [3.63, 3.8) is 0 Å². The van der Waals surface area contributed by atoms with Crippen LogP contribution in [0.3, 0.4) is 0 Å². The summed E-state index contributed by atoms with van der Waals surface area (Å²) >= 11 is 0. The topological polar surface area (TPSA) is 39.0 Å². The van der Waals surface area contributed by atoms with Crippen molar-refractivity contribution in [2.75, 3.05) is 0 Å². The summed E-state index contributed by atoms with van der Waals surface area (Å²) in [7, 11) is 3.56. The number of halogens is 1. The first-order valence-electron chi connectivity index (χ1n) is 6.48. The van der Waals surface area contributed by atoms with Crippen molar-refractivity contribution in [2.45, 2.75) is 0 Å². The van der Waals surface area contributed by atoms with E-state index in [0.717, 1.165) is 11.1 Å². The monoisotopic (exact) mass is 285 g/mol. The van der Waals surface area contributed by atoms with Crippen molar-refractivity contribution < 1.29 is 13.5 Å². The highest BCUT2D eigenvalue weighted by Gasteiger charge is 2.19. The second-order valence-corrected chi connectivity index (χ2v) is 4.86. The number of rotatable bonds is 2. The second kappa shape index (κ2) is 5.01. The number of nitrogens with zero attached hydrogens (tertiary/aromatic N) is 2. The van der Waals surface area contributed by atoms with Crippen LogP contribution >= 0.6 is 0 Å². The molecule has 0 aliphatic rings. The van der Waals surface area contributed by atoms with E-state index in [1.54, 1.807) is 19.2 Å². The van der Waals surface area contributed by atoms with Crippen LogP contribution in [0.4, 0.5) is 4.39 Å². The molecule has 0 radical (unpaired) electrons. The van der Waals surface area contributed by atoms with Gasteiger partial charge in [-0.3, -0.25) is 0 Å². The van der Waals surface area contributed by atoms with E-state index in [1.807, 2.05) is 36.1 Å². The first-order valence-corrected chi connectivity index (χ1v) is 6.48. The summed E-state index contributed by atoms with van der Waals surface area (Å²) in [5.41, 5.74) is 2.19. The molecular formula is C16H14FN2O2+. The van der Waals surface area contributed by atoms with Crippen molar-refractivity contribution in [1.29, 1.82) is 0 Å². The molecule has 1 aromatic carbocycles. The summed E-state index contributed by atoms with van der Waals surface area (Å²) in [6, 6.07) is 9.68. The lowest BCUT2D eigenvalue weighted by molar-refractivity contribution is -0.671. The van der Waals surface area contributed by atoms with Gasteiger partial charge in [-0.15, -0.1) is 0 Å². The molecule has 2 heterocycles. The summed E-state index contributed by atoms with van der Waals surface area (Å²) in [5, 5.41) is 0. The first-order chi connectivity index (χ1) is 10.1. The molecule has 0 aliphatic heterocycles. The maximum Gasteiger partial charge on any atom is 0.365 e. The van der Waals surface area contributed by atoms with Gasteiger partial charge in [-0.2, -0.15) is 0 Å². The molecule has 0 atom stereocenters. The molecule has 5 heteroatoms. The molecule has 2 aromatic heterocycles. The molecule has 21 heavy (non-hydrogen) atoms. The van der Waals surface area contributed by atoms with Gasteiger partial charge >= 0.3 is 5.63 Å². The summed E-state index contributed by atoms with van der Waals surface area (Å²) in [4.78, 5) is 12.1. The average Bonchev–Trinajstić information content (AvgIpc) is 2.75. The van der Waals surface area contributed by atoms with Crippen LogP contribution in [-0.4, -0.2) is 4.74 Å². The predicted molar refractivity (Wildman–Crippen MR) is 76.0 cm³/mol. The SMILES string of the molecule is Cn1oc(=O)c(-c2cc[n+](C)cc2)c1-c1ccc(F)cc1. The van der Waals surface area contributed by atoms with Crippen molar-refractivity contribution in [3.8, 4) is 22.4 Å². The fourth-order valence-electron chi connectivity index (χ4n) is 2.33.